The molecule has 0 unspecified atom stereocenters. The molecule has 1 amide bonds. The molecule has 0 atom stereocenters. The monoisotopic (exact) mass is 446 g/mol. The number of H-pyrrole nitrogens is 1. The van der Waals surface area contributed by atoms with Crippen molar-refractivity contribution in [2.75, 3.05) is 5.32 Å². The first-order valence-electron chi connectivity index (χ1n) is 9.55. The molecule has 2 aromatic heterocycles. The van der Waals surface area contributed by atoms with Crippen LogP contribution in [0.5, 0.6) is 0 Å². The summed E-state index contributed by atoms with van der Waals surface area (Å²) in [6.07, 6.45) is 0. The summed E-state index contributed by atoms with van der Waals surface area (Å²) < 4.78 is 14.6. The number of hydrogen-bond donors (Lipinski definition) is 2. The summed E-state index contributed by atoms with van der Waals surface area (Å²) in [6.45, 7) is 0. The summed E-state index contributed by atoms with van der Waals surface area (Å²) in [5.41, 5.74) is 1.11. The Labute approximate surface area is 187 Å². The lowest BCUT2D eigenvalue weighted by Gasteiger charge is -2.04. The van der Waals surface area contributed by atoms with E-state index in [1.807, 2.05) is 24.3 Å². The van der Waals surface area contributed by atoms with Gasteiger partial charge in [-0.05, 0) is 30.3 Å². The van der Waals surface area contributed by atoms with E-state index in [-0.39, 0.29) is 35.2 Å². The van der Waals surface area contributed by atoms with E-state index in [1.54, 1.807) is 48.5 Å². The van der Waals surface area contributed by atoms with Crippen molar-refractivity contribution < 1.29 is 9.18 Å². The summed E-state index contributed by atoms with van der Waals surface area (Å²) in [5, 5.41) is 3.89. The third kappa shape index (κ3) is 3.81. The Kier molecular flexibility index (Phi) is 5.66. The number of para-hydroxylation sites is 2. The number of amides is 1. The predicted octanol–water partition coefficient (Wildman–Crippen LogP) is 4.95. The van der Waals surface area contributed by atoms with Gasteiger partial charge in [0.1, 0.15) is 11.5 Å². The average Bonchev–Trinajstić information content (AvgIpc) is 3.16. The quantitative estimate of drug-likeness (QED) is 0.410. The van der Waals surface area contributed by atoms with Gasteiger partial charge >= 0.3 is 5.56 Å². The van der Waals surface area contributed by atoms with Crippen molar-refractivity contribution in [3.63, 3.8) is 0 Å². The molecule has 5 aromatic rings. The fraction of sp³-hybridized carbons (Fsp3) is 0. The number of halogens is 2. The van der Waals surface area contributed by atoms with Gasteiger partial charge < -0.3 is 10.3 Å². The molecule has 0 saturated heterocycles. The molecule has 5 rings (SSSR count). The van der Waals surface area contributed by atoms with E-state index in [9.17, 15) is 14.0 Å². The van der Waals surface area contributed by atoms with Crippen molar-refractivity contribution in [1.82, 2.24) is 15.0 Å². The van der Waals surface area contributed by atoms with Gasteiger partial charge in [0.2, 0.25) is 5.82 Å². The van der Waals surface area contributed by atoms with Crippen LogP contribution in [0.2, 0.25) is 0 Å². The molecule has 0 saturated carbocycles. The average molecular weight is 447 g/mol. The van der Waals surface area contributed by atoms with Crippen molar-refractivity contribution in [3.05, 3.63) is 101 Å². The Morgan fingerprint density at radius 2 is 1.62 bits per heavy atom. The van der Waals surface area contributed by atoms with Gasteiger partial charge in [-0.25, -0.2) is 14.4 Å². The summed E-state index contributed by atoms with van der Waals surface area (Å²) in [7, 11) is 0. The highest BCUT2D eigenvalue weighted by molar-refractivity contribution is 6.05. The maximum Gasteiger partial charge on any atom is 0.313 e. The molecule has 0 radical (unpaired) electrons. The van der Waals surface area contributed by atoms with Crippen LogP contribution < -0.4 is 10.9 Å². The molecule has 3 aromatic carbocycles. The summed E-state index contributed by atoms with van der Waals surface area (Å²) in [6, 6.07) is 22.1. The second-order valence-corrected chi connectivity index (χ2v) is 6.95. The van der Waals surface area contributed by atoms with Gasteiger partial charge in [-0.2, -0.15) is 0 Å². The van der Waals surface area contributed by atoms with E-state index in [0.717, 1.165) is 10.9 Å². The zero-order chi connectivity index (χ0) is 21.4. The molecule has 0 spiro atoms. The second kappa shape index (κ2) is 8.56. The van der Waals surface area contributed by atoms with Gasteiger partial charge in [-0.3, -0.25) is 9.59 Å². The summed E-state index contributed by atoms with van der Waals surface area (Å²) >= 11 is 0. The molecular formula is C24H16ClFN4O2. The minimum absolute atomic E-state index is 0. The molecular weight excluding hydrogens is 431 g/mol. The predicted molar refractivity (Wildman–Crippen MR) is 125 cm³/mol. The number of benzene rings is 3. The number of nitrogens with zero attached hydrogens (tertiary/aromatic N) is 2. The number of rotatable bonds is 3. The van der Waals surface area contributed by atoms with Gasteiger partial charge in [-0.15, -0.1) is 12.4 Å². The zero-order valence-electron chi connectivity index (χ0n) is 16.5. The summed E-state index contributed by atoms with van der Waals surface area (Å²) in [4.78, 5) is 37.0. The maximum atomic E-state index is 14.6. The Bertz CT molecular complexity index is 1500. The highest BCUT2D eigenvalue weighted by Crippen LogP contribution is 2.27. The first kappa shape index (κ1) is 21.1. The lowest BCUT2D eigenvalue weighted by molar-refractivity contribution is 0.102. The molecule has 0 aliphatic rings. The first-order valence-corrected chi connectivity index (χ1v) is 9.55. The highest BCUT2D eigenvalue weighted by Gasteiger charge is 2.16. The minimum atomic E-state index is -0.719. The number of carbonyl (C=O) groups is 1. The third-order valence-electron chi connectivity index (χ3n) is 4.94. The number of nitrogens with one attached hydrogen (secondary N) is 2. The summed E-state index contributed by atoms with van der Waals surface area (Å²) in [5.74, 6) is -1.32. The Hall–Kier alpha value is -4.10. The van der Waals surface area contributed by atoms with Gasteiger partial charge in [0, 0.05) is 21.9 Å². The van der Waals surface area contributed by atoms with Crippen LogP contribution in [0, 0.1) is 5.82 Å². The Balaban J connectivity index is 0.00000245. The van der Waals surface area contributed by atoms with Crippen LogP contribution in [0.3, 0.4) is 0 Å². The largest absolute Gasteiger partial charge is 0.351 e. The zero-order valence-corrected chi connectivity index (χ0v) is 17.3. The van der Waals surface area contributed by atoms with Crippen LogP contribution >= 0.6 is 12.4 Å². The third-order valence-corrected chi connectivity index (χ3v) is 4.94. The lowest BCUT2D eigenvalue weighted by atomic mass is 10.1. The number of anilines is 1. The van der Waals surface area contributed by atoms with E-state index < -0.39 is 17.3 Å². The van der Waals surface area contributed by atoms with E-state index in [2.05, 4.69) is 20.3 Å². The van der Waals surface area contributed by atoms with Crippen LogP contribution in [-0.2, 0) is 0 Å². The van der Waals surface area contributed by atoms with Gasteiger partial charge in [0.25, 0.3) is 5.91 Å². The van der Waals surface area contributed by atoms with Crippen LogP contribution in [0.1, 0.15) is 10.5 Å². The molecule has 0 aliphatic carbocycles. The molecule has 8 heteroatoms. The minimum Gasteiger partial charge on any atom is -0.351 e. The molecule has 0 aliphatic heterocycles. The van der Waals surface area contributed by atoms with E-state index in [0.29, 0.717) is 10.9 Å². The molecule has 2 N–H and O–H groups in total. The Morgan fingerprint density at radius 1 is 0.906 bits per heavy atom. The molecule has 158 valence electrons. The van der Waals surface area contributed by atoms with Crippen molar-refractivity contribution in [1.29, 1.82) is 0 Å². The standard InChI is InChI=1S/C24H15FN4O2.ClH/c25-17-10-4-2-8-15(17)21-16-9-3-6-12-19(16)27-24(31)22(28-21)29-23(30)20-13-14-7-1-5-11-18(14)26-20;/h1-13,26H,(H,27,28,29,30,31);1H. The molecule has 0 bridgehead atoms. The Morgan fingerprint density at radius 3 is 2.44 bits per heavy atom. The van der Waals surface area contributed by atoms with Crippen LogP contribution in [0.4, 0.5) is 10.2 Å². The number of hydrogen-bond acceptors (Lipinski definition) is 4. The van der Waals surface area contributed by atoms with Crippen molar-refractivity contribution in [3.8, 4) is 11.3 Å². The smallest absolute Gasteiger partial charge is 0.313 e. The molecule has 6 nitrogen and oxygen atoms in total. The van der Waals surface area contributed by atoms with Crippen molar-refractivity contribution >= 4 is 45.9 Å². The topological polar surface area (TPSA) is 87.7 Å². The number of carbonyl (C=O) groups excluding carboxylic acids is 1. The SMILES string of the molecule is Cl.O=C(Nc1nc(-c2ccccc2F)c2ccccc2nc1=O)c1cc2ccccc2[nH]1. The molecule has 0 fully saturated rings. The van der Waals surface area contributed by atoms with Crippen LogP contribution in [0.15, 0.2) is 83.7 Å². The van der Waals surface area contributed by atoms with Crippen LogP contribution in [-0.4, -0.2) is 20.9 Å². The van der Waals surface area contributed by atoms with E-state index >= 15 is 0 Å². The second-order valence-electron chi connectivity index (χ2n) is 6.95. The number of aromatic amines is 1. The molecule has 2 heterocycles. The van der Waals surface area contributed by atoms with Gasteiger partial charge in [-0.1, -0.05) is 48.5 Å². The number of aromatic nitrogens is 3. The number of fused-ring (bicyclic) bond motifs is 2. The van der Waals surface area contributed by atoms with Crippen molar-refractivity contribution in [2.45, 2.75) is 0 Å². The fourth-order valence-corrected chi connectivity index (χ4v) is 3.46. The fourth-order valence-electron chi connectivity index (χ4n) is 3.46. The normalized spacial score (nSPS) is 10.7. The van der Waals surface area contributed by atoms with Crippen molar-refractivity contribution in [2.24, 2.45) is 0 Å². The van der Waals surface area contributed by atoms with Crippen LogP contribution in [0.25, 0.3) is 33.1 Å². The van der Waals surface area contributed by atoms with Gasteiger partial charge in [0.05, 0.1) is 11.2 Å². The van der Waals surface area contributed by atoms with E-state index in [4.69, 9.17) is 0 Å². The van der Waals surface area contributed by atoms with Gasteiger partial charge in [0.15, 0.2) is 0 Å². The van der Waals surface area contributed by atoms with E-state index in [1.165, 1.54) is 6.07 Å². The lowest BCUT2D eigenvalue weighted by Crippen LogP contribution is -2.20. The highest BCUT2D eigenvalue weighted by atomic mass is 35.5. The first-order chi connectivity index (χ1) is 15.1. The maximum absolute atomic E-state index is 14.6. The molecule has 32 heavy (non-hydrogen) atoms.